The first-order valence-electron chi connectivity index (χ1n) is 4.29. The largest absolute Gasteiger partial charge is 0.426 e. The average Bonchev–Trinajstić information content (AvgIpc) is 2.25. The summed E-state index contributed by atoms with van der Waals surface area (Å²) >= 11 is 0. The van der Waals surface area contributed by atoms with Crippen molar-refractivity contribution in [2.75, 3.05) is 0 Å². The Bertz CT molecular complexity index is 670. The van der Waals surface area contributed by atoms with E-state index in [1.807, 2.05) is 0 Å². The molecule has 0 N–H and O–H groups in total. The van der Waals surface area contributed by atoms with Gasteiger partial charge in [-0.2, -0.15) is 14.0 Å². The topological polar surface area (TPSA) is 110 Å². The van der Waals surface area contributed by atoms with E-state index in [2.05, 4.69) is 4.74 Å². The van der Waals surface area contributed by atoms with E-state index in [1.165, 1.54) is 6.07 Å². The van der Waals surface area contributed by atoms with Crippen molar-refractivity contribution in [3.05, 3.63) is 27.8 Å². The molecule has 1 aromatic carbocycles. The number of ether oxygens (including phenoxy) is 1. The molecular weight excluding hydrogens is 310 g/mol. The van der Waals surface area contributed by atoms with Crippen molar-refractivity contribution >= 4 is 25.4 Å². The van der Waals surface area contributed by atoms with Gasteiger partial charge in [0.1, 0.15) is 11.6 Å². The van der Waals surface area contributed by atoms with Crippen LogP contribution in [0, 0.1) is 21.4 Å². The third-order valence-electron chi connectivity index (χ3n) is 1.87. The number of nitro groups is 1. The van der Waals surface area contributed by atoms with Gasteiger partial charge in [-0.3, -0.25) is 10.1 Å². The van der Waals surface area contributed by atoms with Crippen molar-refractivity contribution in [2.45, 2.75) is 11.5 Å². The van der Waals surface area contributed by atoms with Gasteiger partial charge in [0.15, 0.2) is 4.90 Å². The molecule has 0 atom stereocenters. The highest BCUT2D eigenvalue weighted by atomic mass is 35.7. The monoisotopic (exact) mass is 312 g/mol. The fourth-order valence-electron chi connectivity index (χ4n) is 1.22. The van der Waals surface area contributed by atoms with E-state index in [1.54, 1.807) is 0 Å². The molecule has 0 aliphatic heterocycles. The molecule has 0 radical (unpaired) electrons. The zero-order chi connectivity index (χ0) is 14.8. The van der Waals surface area contributed by atoms with Gasteiger partial charge in [0, 0.05) is 10.7 Å². The van der Waals surface area contributed by atoms with E-state index in [9.17, 15) is 27.3 Å². The number of hydrogen-bond donors (Lipinski definition) is 0. The minimum atomic E-state index is -4.57. The summed E-state index contributed by atoms with van der Waals surface area (Å²) in [5.74, 6) is -1.15. The Morgan fingerprint density at radius 1 is 1.47 bits per heavy atom. The van der Waals surface area contributed by atoms with Crippen LogP contribution >= 0.6 is 10.7 Å². The summed E-state index contributed by atoms with van der Waals surface area (Å²) in [6.45, 7) is -3.47. The lowest BCUT2D eigenvalue weighted by molar-refractivity contribution is -0.389. The van der Waals surface area contributed by atoms with Crippen molar-refractivity contribution < 1.29 is 26.9 Å². The zero-order valence-electron chi connectivity index (χ0n) is 8.71. The van der Waals surface area contributed by atoms with E-state index in [-0.39, 0.29) is 0 Å². The number of halogens is 3. The van der Waals surface area contributed by atoms with Crippen LogP contribution in [0.4, 0.5) is 14.5 Å². The first-order chi connectivity index (χ1) is 8.68. The molecule has 0 heterocycles. The van der Waals surface area contributed by atoms with E-state index in [0.29, 0.717) is 6.07 Å². The number of rotatable bonds is 4. The smallest absolute Gasteiger partial charge is 0.387 e. The quantitative estimate of drug-likeness (QED) is 0.477. The van der Waals surface area contributed by atoms with Crippen molar-refractivity contribution in [3.63, 3.8) is 0 Å². The predicted molar refractivity (Wildman–Crippen MR) is 57.5 cm³/mol. The van der Waals surface area contributed by atoms with Gasteiger partial charge in [0.2, 0.25) is 5.75 Å². The highest BCUT2D eigenvalue weighted by Crippen LogP contribution is 2.39. The maximum absolute atomic E-state index is 12.2. The summed E-state index contributed by atoms with van der Waals surface area (Å²) in [6.07, 6.45) is 0. The van der Waals surface area contributed by atoms with Gasteiger partial charge >= 0.3 is 12.3 Å². The van der Waals surface area contributed by atoms with E-state index in [0.717, 1.165) is 6.07 Å². The Kier molecular flexibility index (Phi) is 4.23. The number of hydrogen-bond acceptors (Lipinski definition) is 6. The Hall–Kier alpha value is -1.99. The number of nitro benzene ring substituents is 1. The molecule has 0 saturated heterocycles. The maximum atomic E-state index is 12.2. The molecule has 11 heteroatoms. The maximum Gasteiger partial charge on any atom is 0.387 e. The molecule has 102 valence electrons. The van der Waals surface area contributed by atoms with Gasteiger partial charge < -0.3 is 4.74 Å². The number of alkyl halides is 2. The summed E-state index contributed by atoms with van der Waals surface area (Å²) in [4.78, 5) is 8.48. The minimum Gasteiger partial charge on any atom is -0.426 e. The van der Waals surface area contributed by atoms with Crippen molar-refractivity contribution in [2.24, 2.45) is 0 Å². The molecule has 19 heavy (non-hydrogen) atoms. The molecule has 0 aliphatic carbocycles. The molecule has 0 spiro atoms. The van der Waals surface area contributed by atoms with Crippen molar-refractivity contribution in [1.82, 2.24) is 0 Å². The first-order valence-corrected chi connectivity index (χ1v) is 6.60. The second-order valence-electron chi connectivity index (χ2n) is 2.97. The summed E-state index contributed by atoms with van der Waals surface area (Å²) in [7, 11) is 0.388. The third kappa shape index (κ3) is 3.27. The predicted octanol–water partition coefficient (Wildman–Crippen LogP) is 2.00. The van der Waals surface area contributed by atoms with Crippen molar-refractivity contribution in [3.8, 4) is 11.8 Å². The summed E-state index contributed by atoms with van der Waals surface area (Å²) in [5, 5.41) is 19.4. The van der Waals surface area contributed by atoms with Crippen LogP contribution in [0.3, 0.4) is 0 Å². The second-order valence-corrected chi connectivity index (χ2v) is 5.51. The van der Waals surface area contributed by atoms with E-state index < -0.39 is 42.5 Å². The van der Waals surface area contributed by atoms with Crippen molar-refractivity contribution in [1.29, 1.82) is 5.26 Å². The van der Waals surface area contributed by atoms with Crippen LogP contribution < -0.4 is 4.74 Å². The standard InChI is InChI=1S/C8H3ClF2N2O5S/c9-19(16,17)5-2-1-4(3-12)7(18-8(10)11)6(5)13(14)15/h1-2,8H. The molecule has 0 fully saturated rings. The lowest BCUT2D eigenvalue weighted by Gasteiger charge is -2.08. The molecule has 0 aliphatic rings. The van der Waals surface area contributed by atoms with Crippen LogP contribution in [0.25, 0.3) is 0 Å². The molecule has 0 bridgehead atoms. The second kappa shape index (κ2) is 5.33. The molecule has 1 rings (SSSR count). The minimum absolute atomic E-state index is 0.615. The summed E-state index contributed by atoms with van der Waals surface area (Å²) in [6, 6.07) is 2.82. The fraction of sp³-hybridized carbons (Fsp3) is 0.125. The normalized spacial score (nSPS) is 11.1. The molecule has 0 saturated carbocycles. The van der Waals surface area contributed by atoms with E-state index in [4.69, 9.17) is 15.9 Å². The van der Waals surface area contributed by atoms with Crippen LogP contribution in [-0.4, -0.2) is 20.0 Å². The van der Waals surface area contributed by atoms with Crippen LogP contribution in [0.2, 0.25) is 0 Å². The number of nitrogens with zero attached hydrogens (tertiary/aromatic N) is 2. The summed E-state index contributed by atoms with van der Waals surface area (Å²) in [5.41, 5.74) is -1.93. The molecule has 7 nitrogen and oxygen atoms in total. The third-order valence-corrected chi connectivity index (χ3v) is 3.22. The van der Waals surface area contributed by atoms with Gasteiger partial charge in [-0.15, -0.1) is 0 Å². The number of benzene rings is 1. The molecule has 1 aromatic rings. The Labute approximate surface area is 109 Å². The Balaban J connectivity index is 3.74. The van der Waals surface area contributed by atoms with Gasteiger partial charge in [0.25, 0.3) is 9.05 Å². The number of nitriles is 1. The van der Waals surface area contributed by atoms with Crippen LogP contribution in [0.15, 0.2) is 17.0 Å². The Morgan fingerprint density at radius 3 is 2.42 bits per heavy atom. The Morgan fingerprint density at radius 2 is 2.05 bits per heavy atom. The SMILES string of the molecule is N#Cc1ccc(S(=O)(=O)Cl)c([N+](=O)[O-])c1OC(F)F. The van der Waals surface area contributed by atoms with Gasteiger partial charge in [0.05, 0.1) is 4.92 Å². The molecule has 0 unspecified atom stereocenters. The zero-order valence-corrected chi connectivity index (χ0v) is 10.3. The highest BCUT2D eigenvalue weighted by Gasteiger charge is 2.32. The highest BCUT2D eigenvalue weighted by molar-refractivity contribution is 8.13. The molecule has 0 amide bonds. The molecule has 0 aromatic heterocycles. The van der Waals surface area contributed by atoms with Crippen LogP contribution in [0.1, 0.15) is 5.56 Å². The van der Waals surface area contributed by atoms with Gasteiger partial charge in [-0.05, 0) is 12.1 Å². The lowest BCUT2D eigenvalue weighted by atomic mass is 10.2. The van der Waals surface area contributed by atoms with Gasteiger partial charge in [-0.25, -0.2) is 8.42 Å². The first kappa shape index (κ1) is 15.1. The fourth-order valence-corrected chi connectivity index (χ4v) is 2.22. The van der Waals surface area contributed by atoms with Gasteiger partial charge in [-0.1, -0.05) is 0 Å². The molecular formula is C8H3ClF2N2O5S. The summed E-state index contributed by atoms with van der Waals surface area (Å²) < 4.78 is 50.4. The average molecular weight is 313 g/mol. The van der Waals surface area contributed by atoms with Crippen LogP contribution in [-0.2, 0) is 9.05 Å². The van der Waals surface area contributed by atoms with E-state index >= 15 is 0 Å². The lowest BCUT2D eigenvalue weighted by Crippen LogP contribution is -2.09. The van der Waals surface area contributed by atoms with Crippen LogP contribution in [0.5, 0.6) is 5.75 Å².